The van der Waals surface area contributed by atoms with Crippen LogP contribution in [0.25, 0.3) is 0 Å². The SMILES string of the molecule is CCC(C)C(CN(CC(=O)NC(CCSC)C(=O)OC)Cc1ccccc1)NC(=O)c1cccnc1. The van der Waals surface area contributed by atoms with Gasteiger partial charge in [0.2, 0.25) is 5.91 Å². The Morgan fingerprint density at radius 3 is 2.47 bits per heavy atom. The van der Waals surface area contributed by atoms with Gasteiger partial charge in [0.05, 0.1) is 19.2 Å². The molecule has 3 atom stereocenters. The summed E-state index contributed by atoms with van der Waals surface area (Å²) in [6.07, 6.45) is 6.48. The van der Waals surface area contributed by atoms with E-state index < -0.39 is 12.0 Å². The number of ether oxygens (including phenoxy) is 1. The summed E-state index contributed by atoms with van der Waals surface area (Å²) < 4.78 is 4.88. The third-order valence-electron chi connectivity index (χ3n) is 6.07. The van der Waals surface area contributed by atoms with Gasteiger partial charge in [-0.3, -0.25) is 19.5 Å². The Kier molecular flexibility index (Phi) is 13.0. The number of nitrogens with one attached hydrogen (secondary N) is 2. The summed E-state index contributed by atoms with van der Waals surface area (Å²) in [6.45, 7) is 5.24. The Hall–Kier alpha value is -2.91. The van der Waals surface area contributed by atoms with Crippen molar-refractivity contribution in [3.8, 4) is 0 Å². The van der Waals surface area contributed by atoms with Crippen LogP contribution in [0.3, 0.4) is 0 Å². The van der Waals surface area contributed by atoms with Crippen LogP contribution in [0.5, 0.6) is 0 Å². The Labute approximate surface area is 218 Å². The minimum absolute atomic E-state index is 0.0807. The second-order valence-corrected chi connectivity index (χ2v) is 9.77. The standard InChI is InChI=1S/C27H38N4O4S/c1-5-20(2)24(30-26(33)22-12-9-14-28-16-22)18-31(17-21-10-7-6-8-11-21)19-25(32)29-23(13-15-36-4)27(34)35-3/h6-12,14,16,20,23-24H,5,13,15,17-19H2,1-4H3,(H,29,32)(H,30,33). The van der Waals surface area contributed by atoms with Crippen LogP contribution >= 0.6 is 11.8 Å². The highest BCUT2D eigenvalue weighted by molar-refractivity contribution is 7.98. The molecule has 0 aliphatic heterocycles. The molecular formula is C27H38N4O4S. The fourth-order valence-corrected chi connectivity index (χ4v) is 4.25. The van der Waals surface area contributed by atoms with Gasteiger partial charge >= 0.3 is 5.97 Å². The van der Waals surface area contributed by atoms with Crippen LogP contribution in [0.1, 0.15) is 42.6 Å². The van der Waals surface area contributed by atoms with Crippen molar-refractivity contribution in [2.75, 3.05) is 32.2 Å². The van der Waals surface area contributed by atoms with Crippen molar-refractivity contribution in [2.45, 2.75) is 45.3 Å². The summed E-state index contributed by atoms with van der Waals surface area (Å²) in [5.74, 6) is -0.00150. The summed E-state index contributed by atoms with van der Waals surface area (Å²) in [5, 5.41) is 5.98. The summed E-state index contributed by atoms with van der Waals surface area (Å²) in [7, 11) is 1.32. The molecule has 8 nitrogen and oxygen atoms in total. The van der Waals surface area contributed by atoms with Crippen LogP contribution in [-0.2, 0) is 20.9 Å². The van der Waals surface area contributed by atoms with Gasteiger partial charge in [-0.05, 0) is 42.0 Å². The first-order chi connectivity index (χ1) is 17.4. The van der Waals surface area contributed by atoms with Gasteiger partial charge in [-0.15, -0.1) is 0 Å². The zero-order valence-electron chi connectivity index (χ0n) is 21.6. The van der Waals surface area contributed by atoms with E-state index in [-0.39, 0.29) is 30.3 Å². The van der Waals surface area contributed by atoms with Gasteiger partial charge in [0.1, 0.15) is 6.04 Å². The maximum atomic E-state index is 13.0. The van der Waals surface area contributed by atoms with Gasteiger partial charge in [0.15, 0.2) is 0 Å². The van der Waals surface area contributed by atoms with E-state index >= 15 is 0 Å². The van der Waals surface area contributed by atoms with Crippen molar-refractivity contribution in [2.24, 2.45) is 5.92 Å². The Balaban J connectivity index is 2.18. The molecule has 2 rings (SSSR count). The second-order valence-electron chi connectivity index (χ2n) is 8.79. The number of esters is 1. The zero-order valence-corrected chi connectivity index (χ0v) is 22.4. The molecule has 36 heavy (non-hydrogen) atoms. The lowest BCUT2D eigenvalue weighted by Crippen LogP contribution is -2.51. The lowest BCUT2D eigenvalue weighted by atomic mass is 9.97. The molecule has 3 unspecified atom stereocenters. The van der Waals surface area contributed by atoms with Crippen molar-refractivity contribution < 1.29 is 19.1 Å². The quantitative estimate of drug-likeness (QED) is 0.352. The first kappa shape index (κ1) is 29.3. The number of carbonyl (C=O) groups excluding carboxylic acids is 3. The van der Waals surface area contributed by atoms with Crippen LogP contribution in [0.2, 0.25) is 0 Å². The predicted molar refractivity (Wildman–Crippen MR) is 144 cm³/mol. The average Bonchev–Trinajstić information content (AvgIpc) is 2.90. The van der Waals surface area contributed by atoms with Crippen LogP contribution in [0.4, 0.5) is 0 Å². The zero-order chi connectivity index (χ0) is 26.3. The molecule has 196 valence electrons. The van der Waals surface area contributed by atoms with Crippen LogP contribution in [0, 0.1) is 5.92 Å². The maximum Gasteiger partial charge on any atom is 0.328 e. The van der Waals surface area contributed by atoms with Crippen molar-refractivity contribution in [1.29, 1.82) is 0 Å². The van der Waals surface area contributed by atoms with Gasteiger partial charge in [-0.1, -0.05) is 50.6 Å². The van der Waals surface area contributed by atoms with Gasteiger partial charge < -0.3 is 15.4 Å². The third-order valence-corrected chi connectivity index (χ3v) is 6.72. The lowest BCUT2D eigenvalue weighted by Gasteiger charge is -2.31. The fraction of sp³-hybridized carbons (Fsp3) is 0.481. The normalized spacial score (nSPS) is 13.5. The molecule has 9 heteroatoms. The van der Waals surface area contributed by atoms with Crippen molar-refractivity contribution >= 4 is 29.5 Å². The van der Waals surface area contributed by atoms with E-state index in [1.807, 2.05) is 41.5 Å². The van der Waals surface area contributed by atoms with Crippen molar-refractivity contribution in [1.82, 2.24) is 20.5 Å². The minimum Gasteiger partial charge on any atom is -0.467 e. The van der Waals surface area contributed by atoms with Gasteiger partial charge in [0.25, 0.3) is 5.91 Å². The van der Waals surface area contributed by atoms with Gasteiger partial charge in [0, 0.05) is 31.5 Å². The number of hydrogen-bond acceptors (Lipinski definition) is 7. The monoisotopic (exact) mass is 514 g/mol. The lowest BCUT2D eigenvalue weighted by molar-refractivity contribution is -0.145. The number of rotatable bonds is 15. The molecule has 0 saturated carbocycles. The van der Waals surface area contributed by atoms with Gasteiger partial charge in [-0.25, -0.2) is 4.79 Å². The molecule has 2 N–H and O–H groups in total. The number of methoxy groups -OCH3 is 1. The average molecular weight is 515 g/mol. The predicted octanol–water partition coefficient (Wildman–Crippen LogP) is 3.14. The molecule has 0 aliphatic carbocycles. The topological polar surface area (TPSA) is 101 Å². The molecule has 1 aromatic carbocycles. The number of carbonyl (C=O) groups is 3. The summed E-state index contributed by atoms with van der Waals surface area (Å²) in [4.78, 5) is 44.2. The molecular weight excluding hydrogens is 476 g/mol. The maximum absolute atomic E-state index is 13.0. The highest BCUT2D eigenvalue weighted by atomic mass is 32.2. The van der Waals surface area contributed by atoms with E-state index in [9.17, 15) is 14.4 Å². The van der Waals surface area contributed by atoms with E-state index in [1.54, 1.807) is 36.3 Å². The summed E-state index contributed by atoms with van der Waals surface area (Å²) in [5.41, 5.74) is 1.55. The molecule has 0 bridgehead atoms. The highest BCUT2D eigenvalue weighted by Crippen LogP contribution is 2.14. The van der Waals surface area contributed by atoms with E-state index in [1.165, 1.54) is 7.11 Å². The fourth-order valence-electron chi connectivity index (χ4n) is 3.78. The van der Waals surface area contributed by atoms with Crippen LogP contribution in [-0.4, -0.2) is 72.0 Å². The number of hydrogen-bond donors (Lipinski definition) is 2. The molecule has 1 aromatic heterocycles. The number of nitrogens with zero attached hydrogens (tertiary/aromatic N) is 2. The minimum atomic E-state index is -0.691. The Morgan fingerprint density at radius 1 is 1.11 bits per heavy atom. The number of aromatic nitrogens is 1. The van der Waals surface area contributed by atoms with Crippen LogP contribution in [0.15, 0.2) is 54.9 Å². The van der Waals surface area contributed by atoms with E-state index in [0.717, 1.165) is 17.7 Å². The van der Waals surface area contributed by atoms with E-state index in [0.29, 0.717) is 25.1 Å². The number of thioether (sulfide) groups is 1. The van der Waals surface area contributed by atoms with Crippen molar-refractivity contribution in [3.63, 3.8) is 0 Å². The second kappa shape index (κ2) is 16.0. The molecule has 0 aliphatic rings. The highest BCUT2D eigenvalue weighted by Gasteiger charge is 2.26. The first-order valence-electron chi connectivity index (χ1n) is 12.2. The molecule has 0 radical (unpaired) electrons. The number of amides is 2. The van der Waals surface area contributed by atoms with Gasteiger partial charge in [-0.2, -0.15) is 11.8 Å². The summed E-state index contributed by atoms with van der Waals surface area (Å²) in [6, 6.07) is 12.5. The molecule has 0 saturated heterocycles. The summed E-state index contributed by atoms with van der Waals surface area (Å²) >= 11 is 1.60. The first-order valence-corrected chi connectivity index (χ1v) is 13.6. The molecule has 2 aromatic rings. The van der Waals surface area contributed by atoms with E-state index in [2.05, 4.69) is 29.5 Å². The Morgan fingerprint density at radius 2 is 1.86 bits per heavy atom. The molecule has 2 amide bonds. The Bertz CT molecular complexity index is 945. The molecule has 0 fully saturated rings. The van der Waals surface area contributed by atoms with Crippen molar-refractivity contribution in [3.05, 3.63) is 66.0 Å². The third kappa shape index (κ3) is 9.99. The molecule has 0 spiro atoms. The number of benzene rings is 1. The van der Waals surface area contributed by atoms with Crippen LogP contribution < -0.4 is 10.6 Å². The molecule has 1 heterocycles. The smallest absolute Gasteiger partial charge is 0.328 e. The number of pyridine rings is 1. The van der Waals surface area contributed by atoms with E-state index in [4.69, 9.17) is 4.74 Å². The largest absolute Gasteiger partial charge is 0.467 e.